The van der Waals surface area contributed by atoms with E-state index >= 15 is 0 Å². The van der Waals surface area contributed by atoms with E-state index in [1.807, 2.05) is 13.8 Å². The lowest BCUT2D eigenvalue weighted by Crippen LogP contribution is -2.52. The van der Waals surface area contributed by atoms with Gasteiger partial charge in [-0.25, -0.2) is 18.5 Å². The van der Waals surface area contributed by atoms with Crippen molar-refractivity contribution >= 4 is 33.3 Å². The molecular weight excluding hydrogens is 499 g/mol. The Morgan fingerprint density at radius 3 is 2.46 bits per heavy atom. The Kier molecular flexibility index (Phi) is 8.42. The summed E-state index contributed by atoms with van der Waals surface area (Å²) in [6.45, 7) is 10.4. The summed E-state index contributed by atoms with van der Waals surface area (Å²) < 4.78 is 26.8. The number of aromatic nitrogens is 2. The maximum atomic E-state index is 14.0. The molecule has 37 heavy (non-hydrogen) atoms. The van der Waals surface area contributed by atoms with E-state index in [2.05, 4.69) is 0 Å². The van der Waals surface area contributed by atoms with Gasteiger partial charge < -0.3 is 9.47 Å². The van der Waals surface area contributed by atoms with E-state index in [1.54, 1.807) is 27.7 Å². The first-order valence-electron chi connectivity index (χ1n) is 12.2. The predicted octanol–water partition coefficient (Wildman–Crippen LogP) is 4.45. The number of thiophene rings is 1. The number of benzene rings is 1. The maximum absolute atomic E-state index is 14.0. The van der Waals surface area contributed by atoms with E-state index in [1.165, 1.54) is 29.9 Å². The fourth-order valence-corrected chi connectivity index (χ4v) is 5.56. The lowest BCUT2D eigenvalue weighted by atomic mass is 9.91. The van der Waals surface area contributed by atoms with Gasteiger partial charge in [0.05, 0.1) is 19.1 Å². The highest BCUT2D eigenvalue weighted by Gasteiger charge is 2.35. The molecule has 0 saturated heterocycles. The minimum absolute atomic E-state index is 0.0344. The van der Waals surface area contributed by atoms with Gasteiger partial charge >= 0.3 is 11.7 Å². The van der Waals surface area contributed by atoms with Gasteiger partial charge in [-0.05, 0) is 69.4 Å². The van der Waals surface area contributed by atoms with Gasteiger partial charge in [-0.2, -0.15) is 0 Å². The predicted molar refractivity (Wildman–Crippen MR) is 141 cm³/mol. The van der Waals surface area contributed by atoms with Gasteiger partial charge in [-0.3, -0.25) is 14.2 Å². The highest BCUT2D eigenvalue weighted by molar-refractivity contribution is 7.20. The Bertz CT molecular complexity index is 1460. The van der Waals surface area contributed by atoms with Crippen LogP contribution in [0.5, 0.6) is 5.75 Å². The highest BCUT2D eigenvalue weighted by Crippen LogP contribution is 2.30. The second-order valence-corrected chi connectivity index (χ2v) is 10.8. The summed E-state index contributed by atoms with van der Waals surface area (Å²) in [6.07, 6.45) is 0.397. The van der Waals surface area contributed by atoms with Crippen LogP contribution in [0.2, 0.25) is 0 Å². The third kappa shape index (κ3) is 5.39. The molecule has 3 rings (SSSR count). The monoisotopic (exact) mass is 532 g/mol. The quantitative estimate of drug-likeness (QED) is 0.358. The van der Waals surface area contributed by atoms with Gasteiger partial charge in [-0.15, -0.1) is 11.3 Å². The molecule has 0 amide bonds. The van der Waals surface area contributed by atoms with Gasteiger partial charge in [0.15, 0.2) is 5.78 Å². The number of carbonyl (C=O) groups is 2. The van der Waals surface area contributed by atoms with Gasteiger partial charge in [-0.1, -0.05) is 13.8 Å². The van der Waals surface area contributed by atoms with Gasteiger partial charge in [0.1, 0.15) is 26.8 Å². The fourth-order valence-electron chi connectivity index (χ4n) is 4.35. The van der Waals surface area contributed by atoms with Crippen molar-refractivity contribution in [2.45, 2.75) is 66.5 Å². The number of methoxy groups -OCH3 is 1. The van der Waals surface area contributed by atoms with E-state index < -0.39 is 28.6 Å². The molecule has 0 atom stereocenters. The second-order valence-electron chi connectivity index (χ2n) is 9.82. The Morgan fingerprint density at radius 1 is 1.19 bits per heavy atom. The number of Topliss-reactive ketones (excluding diaryl/α,β-unsaturated/α-hetero) is 1. The number of ether oxygens (including phenoxy) is 2. The number of ketones is 1. The summed E-state index contributed by atoms with van der Waals surface area (Å²) in [6, 6.07) is 4.12. The van der Waals surface area contributed by atoms with Crippen molar-refractivity contribution in [2.75, 3.05) is 13.7 Å². The zero-order chi connectivity index (χ0) is 27.7. The summed E-state index contributed by atoms with van der Waals surface area (Å²) >= 11 is 0.998. The summed E-state index contributed by atoms with van der Waals surface area (Å²) in [7, 11) is 1.47. The molecule has 0 spiro atoms. The SMILES string of the molecule is CCOC(=O)c1sc2c(c1C)c(=O)n(C(C)(C)C(=O)CC(C)C)c(=O)n2CCc1cc(F)ccc1OC. The third-order valence-corrected chi connectivity index (χ3v) is 7.65. The average Bonchev–Trinajstić information content (AvgIpc) is 3.16. The minimum atomic E-state index is -1.43. The molecule has 0 saturated carbocycles. The first-order valence-corrected chi connectivity index (χ1v) is 13.0. The molecule has 1 aromatic carbocycles. The van der Waals surface area contributed by atoms with Crippen LogP contribution < -0.4 is 16.0 Å². The van der Waals surface area contributed by atoms with Crippen LogP contribution >= 0.6 is 11.3 Å². The maximum Gasteiger partial charge on any atom is 0.348 e. The summed E-state index contributed by atoms with van der Waals surface area (Å²) in [5, 5.41) is 0.185. The van der Waals surface area contributed by atoms with Crippen molar-refractivity contribution in [1.29, 1.82) is 0 Å². The fraction of sp³-hybridized carbons (Fsp3) is 0.481. The average molecular weight is 533 g/mol. The smallest absolute Gasteiger partial charge is 0.348 e. The molecule has 2 heterocycles. The molecule has 0 radical (unpaired) electrons. The van der Waals surface area contributed by atoms with Crippen molar-refractivity contribution in [3.05, 3.63) is 60.9 Å². The van der Waals surface area contributed by atoms with Crippen LogP contribution in [0.1, 0.15) is 61.8 Å². The molecule has 3 aromatic rings. The third-order valence-electron chi connectivity index (χ3n) is 6.36. The number of rotatable bonds is 10. The second kappa shape index (κ2) is 11.0. The Morgan fingerprint density at radius 2 is 1.86 bits per heavy atom. The lowest BCUT2D eigenvalue weighted by Gasteiger charge is -2.27. The topological polar surface area (TPSA) is 96.6 Å². The number of hydrogen-bond donors (Lipinski definition) is 0. The number of esters is 1. The molecular formula is C27H33FN2O6S. The van der Waals surface area contributed by atoms with Crippen LogP contribution in [0.25, 0.3) is 10.2 Å². The summed E-state index contributed by atoms with van der Waals surface area (Å²) in [5.41, 5.74) is -1.81. The van der Waals surface area contributed by atoms with Crippen LogP contribution in [0.3, 0.4) is 0 Å². The molecule has 0 fully saturated rings. The van der Waals surface area contributed by atoms with Crippen LogP contribution in [0.15, 0.2) is 27.8 Å². The molecule has 8 nitrogen and oxygen atoms in total. The molecule has 10 heteroatoms. The molecule has 0 aliphatic heterocycles. The largest absolute Gasteiger partial charge is 0.496 e. The number of carbonyl (C=O) groups excluding carboxylic acids is 2. The Balaban J connectivity index is 2.30. The summed E-state index contributed by atoms with van der Waals surface area (Å²) in [4.78, 5) is 53.9. The standard InChI is InChI=1S/C27H33FN2O6S/c1-8-36-25(33)22-16(4)21-23(32)30(27(5,6)20(31)13-15(2)3)26(34)29(24(21)37-22)12-11-17-14-18(28)9-10-19(17)35-7/h9-10,14-15H,8,11-13H2,1-7H3. The number of aryl methyl sites for hydroxylation is 3. The summed E-state index contributed by atoms with van der Waals surface area (Å²) in [5.74, 6) is -0.797. The molecule has 2 aromatic heterocycles. The van der Waals surface area contributed by atoms with Crippen molar-refractivity contribution in [1.82, 2.24) is 9.13 Å². The molecule has 0 aliphatic carbocycles. The zero-order valence-corrected chi connectivity index (χ0v) is 23.1. The lowest BCUT2D eigenvalue weighted by molar-refractivity contribution is -0.127. The number of halogens is 1. The van der Waals surface area contributed by atoms with Crippen molar-refractivity contribution in [3.63, 3.8) is 0 Å². The minimum Gasteiger partial charge on any atom is -0.496 e. The molecule has 0 bridgehead atoms. The van der Waals surface area contributed by atoms with E-state index in [-0.39, 0.29) is 48.0 Å². The first-order chi connectivity index (χ1) is 17.3. The van der Waals surface area contributed by atoms with Crippen molar-refractivity contribution in [2.24, 2.45) is 5.92 Å². The molecule has 0 unspecified atom stereocenters. The van der Waals surface area contributed by atoms with Gasteiger partial charge in [0.25, 0.3) is 5.56 Å². The molecule has 0 N–H and O–H groups in total. The van der Waals surface area contributed by atoms with Crippen LogP contribution in [0, 0.1) is 18.7 Å². The zero-order valence-electron chi connectivity index (χ0n) is 22.3. The van der Waals surface area contributed by atoms with E-state index in [0.29, 0.717) is 21.7 Å². The van der Waals surface area contributed by atoms with E-state index in [9.17, 15) is 23.6 Å². The Labute approximate surface area is 218 Å². The highest BCUT2D eigenvalue weighted by atomic mass is 32.1. The molecule has 0 aliphatic rings. The Hall–Kier alpha value is -3.27. The van der Waals surface area contributed by atoms with Crippen LogP contribution in [-0.2, 0) is 28.0 Å². The van der Waals surface area contributed by atoms with E-state index in [0.717, 1.165) is 15.9 Å². The van der Waals surface area contributed by atoms with Crippen LogP contribution in [-0.4, -0.2) is 34.6 Å². The van der Waals surface area contributed by atoms with Crippen molar-refractivity contribution in [3.8, 4) is 5.75 Å². The number of hydrogen-bond acceptors (Lipinski definition) is 7. The van der Waals surface area contributed by atoms with Crippen LogP contribution in [0.4, 0.5) is 4.39 Å². The number of fused-ring (bicyclic) bond motifs is 1. The molecule has 200 valence electrons. The van der Waals surface area contributed by atoms with E-state index in [4.69, 9.17) is 9.47 Å². The first kappa shape index (κ1) is 28.3. The van der Waals surface area contributed by atoms with Gasteiger partial charge in [0, 0.05) is 13.0 Å². The number of nitrogens with zero attached hydrogens (tertiary/aromatic N) is 2. The van der Waals surface area contributed by atoms with Crippen molar-refractivity contribution < 1.29 is 23.5 Å². The normalized spacial score (nSPS) is 11.8. The van der Waals surface area contributed by atoms with Gasteiger partial charge in [0.2, 0.25) is 0 Å².